The van der Waals surface area contributed by atoms with Crippen LogP contribution in [0.4, 0.5) is 4.39 Å². The first-order valence-electron chi connectivity index (χ1n) is 7.39. The standard InChI is InChI=1S/C16H13ClFN3O2S/c17-15-16(21-8-2-1-3-14(21)19-15)24(22,23)20-13-7-4-10-9-11(18)5-6-12(10)13/h1-3,5-6,8-9,13,20H,4,7H2. The van der Waals surface area contributed by atoms with E-state index < -0.39 is 16.1 Å². The summed E-state index contributed by atoms with van der Waals surface area (Å²) in [4.78, 5) is 4.07. The largest absolute Gasteiger partial charge is 0.288 e. The summed E-state index contributed by atoms with van der Waals surface area (Å²) in [6, 6.07) is 9.15. The molecular weight excluding hydrogens is 353 g/mol. The van der Waals surface area contributed by atoms with Crippen LogP contribution in [0, 0.1) is 5.82 Å². The van der Waals surface area contributed by atoms with Gasteiger partial charge in [0.05, 0.1) is 0 Å². The molecule has 1 unspecified atom stereocenters. The maximum absolute atomic E-state index is 13.3. The smallest absolute Gasteiger partial charge is 0.260 e. The van der Waals surface area contributed by atoms with E-state index in [0.717, 1.165) is 11.1 Å². The van der Waals surface area contributed by atoms with Gasteiger partial charge in [-0.2, -0.15) is 0 Å². The van der Waals surface area contributed by atoms with Gasteiger partial charge in [-0.25, -0.2) is 22.5 Å². The lowest BCUT2D eigenvalue weighted by Crippen LogP contribution is -2.28. The summed E-state index contributed by atoms with van der Waals surface area (Å²) >= 11 is 6.06. The fourth-order valence-electron chi connectivity index (χ4n) is 3.14. The van der Waals surface area contributed by atoms with Crippen molar-refractivity contribution in [3.05, 3.63) is 64.7 Å². The highest BCUT2D eigenvalue weighted by molar-refractivity contribution is 7.89. The van der Waals surface area contributed by atoms with E-state index in [1.807, 2.05) is 0 Å². The molecule has 124 valence electrons. The number of hydrogen-bond donors (Lipinski definition) is 1. The minimum atomic E-state index is -3.89. The highest BCUT2D eigenvalue weighted by Gasteiger charge is 2.31. The van der Waals surface area contributed by atoms with Crippen molar-refractivity contribution in [2.45, 2.75) is 23.9 Å². The predicted octanol–water partition coefficient (Wildman–Crippen LogP) is 3.09. The van der Waals surface area contributed by atoms with Gasteiger partial charge in [0.25, 0.3) is 10.0 Å². The topological polar surface area (TPSA) is 63.5 Å². The second kappa shape index (κ2) is 5.54. The third-order valence-electron chi connectivity index (χ3n) is 4.18. The van der Waals surface area contributed by atoms with Crippen LogP contribution in [-0.2, 0) is 16.4 Å². The average molecular weight is 366 g/mol. The molecule has 0 aliphatic heterocycles. The zero-order chi connectivity index (χ0) is 16.9. The monoisotopic (exact) mass is 365 g/mol. The van der Waals surface area contributed by atoms with E-state index in [0.29, 0.717) is 18.5 Å². The number of aryl methyl sites for hydroxylation is 1. The molecule has 2 aromatic heterocycles. The van der Waals surface area contributed by atoms with Crippen molar-refractivity contribution in [3.8, 4) is 0 Å². The maximum Gasteiger partial charge on any atom is 0.260 e. The Morgan fingerprint density at radius 3 is 2.96 bits per heavy atom. The highest BCUT2D eigenvalue weighted by Crippen LogP contribution is 2.33. The van der Waals surface area contributed by atoms with Crippen LogP contribution < -0.4 is 4.72 Å². The van der Waals surface area contributed by atoms with Gasteiger partial charge in [0.1, 0.15) is 11.5 Å². The molecule has 4 rings (SSSR count). The van der Waals surface area contributed by atoms with Crippen LogP contribution in [0.2, 0.25) is 5.15 Å². The SMILES string of the molecule is O=S(=O)(NC1CCc2cc(F)ccc21)c1c(Cl)nc2ccccn12. The maximum atomic E-state index is 13.3. The van der Waals surface area contributed by atoms with Crippen molar-refractivity contribution >= 4 is 27.3 Å². The first kappa shape index (κ1) is 15.6. The number of benzene rings is 1. The Morgan fingerprint density at radius 1 is 1.29 bits per heavy atom. The van der Waals surface area contributed by atoms with E-state index in [4.69, 9.17) is 11.6 Å². The second-order valence-electron chi connectivity index (χ2n) is 5.69. The predicted molar refractivity (Wildman–Crippen MR) is 88.0 cm³/mol. The van der Waals surface area contributed by atoms with E-state index in [9.17, 15) is 12.8 Å². The quantitative estimate of drug-likeness (QED) is 0.775. The number of nitrogens with zero attached hydrogens (tertiary/aromatic N) is 2. The molecule has 0 bridgehead atoms. The van der Waals surface area contributed by atoms with E-state index in [1.54, 1.807) is 30.5 Å². The van der Waals surface area contributed by atoms with Crippen molar-refractivity contribution < 1.29 is 12.8 Å². The Balaban J connectivity index is 1.74. The summed E-state index contributed by atoms with van der Waals surface area (Å²) in [7, 11) is -3.89. The van der Waals surface area contributed by atoms with Crippen LogP contribution in [0.1, 0.15) is 23.6 Å². The molecule has 5 nitrogen and oxygen atoms in total. The van der Waals surface area contributed by atoms with Crippen LogP contribution in [0.5, 0.6) is 0 Å². The van der Waals surface area contributed by atoms with Gasteiger partial charge in [-0.1, -0.05) is 23.7 Å². The van der Waals surface area contributed by atoms with Crippen LogP contribution >= 0.6 is 11.6 Å². The van der Waals surface area contributed by atoms with Crippen LogP contribution in [0.25, 0.3) is 5.65 Å². The molecule has 0 saturated heterocycles. The number of hydrogen-bond acceptors (Lipinski definition) is 3. The van der Waals surface area contributed by atoms with Crippen molar-refractivity contribution in [1.29, 1.82) is 0 Å². The molecule has 2 heterocycles. The Hall–Kier alpha value is -1.96. The molecule has 0 fully saturated rings. The summed E-state index contributed by atoms with van der Waals surface area (Å²) in [5.74, 6) is -0.318. The van der Waals surface area contributed by atoms with Crippen LogP contribution in [0.15, 0.2) is 47.6 Å². The zero-order valence-electron chi connectivity index (χ0n) is 12.4. The molecule has 1 aromatic carbocycles. The molecule has 3 aromatic rings. The fourth-order valence-corrected chi connectivity index (χ4v) is 5.03. The summed E-state index contributed by atoms with van der Waals surface area (Å²) in [6.45, 7) is 0. The third-order valence-corrected chi connectivity index (χ3v) is 6.05. The number of rotatable bonds is 3. The van der Waals surface area contributed by atoms with Crippen molar-refractivity contribution in [1.82, 2.24) is 14.1 Å². The summed E-state index contributed by atoms with van der Waals surface area (Å²) in [5.41, 5.74) is 2.08. The van der Waals surface area contributed by atoms with E-state index in [2.05, 4.69) is 9.71 Å². The van der Waals surface area contributed by atoms with E-state index >= 15 is 0 Å². The number of aromatic nitrogens is 2. The number of sulfonamides is 1. The minimum absolute atomic E-state index is 0.0778. The summed E-state index contributed by atoms with van der Waals surface area (Å²) < 4.78 is 43.1. The highest BCUT2D eigenvalue weighted by atomic mass is 35.5. The molecule has 1 aliphatic rings. The first-order chi connectivity index (χ1) is 11.5. The Bertz CT molecular complexity index is 1050. The Morgan fingerprint density at radius 2 is 2.12 bits per heavy atom. The van der Waals surface area contributed by atoms with Gasteiger partial charge in [0.15, 0.2) is 10.2 Å². The van der Waals surface area contributed by atoms with Gasteiger partial charge in [0, 0.05) is 12.2 Å². The normalized spacial score (nSPS) is 17.3. The van der Waals surface area contributed by atoms with Gasteiger partial charge >= 0.3 is 0 Å². The van der Waals surface area contributed by atoms with Gasteiger partial charge in [-0.05, 0) is 48.2 Å². The first-order valence-corrected chi connectivity index (χ1v) is 9.25. The molecule has 1 aliphatic carbocycles. The molecule has 8 heteroatoms. The number of nitrogens with one attached hydrogen (secondary N) is 1. The van der Waals surface area contributed by atoms with Crippen molar-refractivity contribution in [2.24, 2.45) is 0 Å². The summed E-state index contributed by atoms with van der Waals surface area (Å²) in [5, 5.41) is -0.165. The Kier molecular flexibility index (Phi) is 3.59. The van der Waals surface area contributed by atoms with Gasteiger partial charge < -0.3 is 0 Å². The van der Waals surface area contributed by atoms with Crippen LogP contribution in [0.3, 0.4) is 0 Å². The van der Waals surface area contributed by atoms with E-state index in [1.165, 1.54) is 16.5 Å². The lowest BCUT2D eigenvalue weighted by Gasteiger charge is -2.14. The lowest BCUT2D eigenvalue weighted by atomic mass is 10.1. The van der Waals surface area contributed by atoms with Gasteiger partial charge in [0.2, 0.25) is 0 Å². The van der Waals surface area contributed by atoms with Crippen LogP contribution in [-0.4, -0.2) is 17.8 Å². The number of imidazole rings is 1. The molecule has 0 amide bonds. The molecular formula is C16H13ClFN3O2S. The molecule has 0 saturated carbocycles. The molecule has 1 atom stereocenters. The molecule has 0 radical (unpaired) electrons. The number of fused-ring (bicyclic) bond motifs is 2. The zero-order valence-corrected chi connectivity index (χ0v) is 14.0. The van der Waals surface area contributed by atoms with Crippen molar-refractivity contribution in [3.63, 3.8) is 0 Å². The minimum Gasteiger partial charge on any atom is -0.288 e. The van der Waals surface area contributed by atoms with Crippen molar-refractivity contribution in [2.75, 3.05) is 0 Å². The fraction of sp³-hybridized carbons (Fsp3) is 0.188. The van der Waals surface area contributed by atoms with Gasteiger partial charge in [-0.3, -0.25) is 4.40 Å². The number of halogens is 2. The second-order valence-corrected chi connectivity index (χ2v) is 7.68. The third kappa shape index (κ3) is 2.49. The van der Waals surface area contributed by atoms with E-state index in [-0.39, 0.29) is 16.0 Å². The summed E-state index contributed by atoms with van der Waals surface area (Å²) in [6.07, 6.45) is 2.80. The van der Waals surface area contributed by atoms with Gasteiger partial charge in [-0.15, -0.1) is 0 Å². The lowest BCUT2D eigenvalue weighted by molar-refractivity contribution is 0.550. The Labute approximate surface area is 143 Å². The molecule has 0 spiro atoms. The molecule has 24 heavy (non-hydrogen) atoms. The molecule has 1 N–H and O–H groups in total. The average Bonchev–Trinajstić information content (AvgIpc) is 3.06. The number of pyridine rings is 1.